The number of carbonyl (C=O) groups excluding carboxylic acids is 1. The van der Waals surface area contributed by atoms with Gasteiger partial charge in [0.05, 0.1) is 22.7 Å². The molecule has 0 heterocycles. The largest absolute Gasteiger partial charge is 0.388 e. The van der Waals surface area contributed by atoms with Crippen molar-refractivity contribution in [3.8, 4) is 0 Å². The average molecular weight is 227 g/mol. The Balaban J connectivity index is 3.12. The molecule has 0 aliphatic heterocycles. The van der Waals surface area contributed by atoms with Crippen LogP contribution in [-0.2, 0) is 4.79 Å². The molecular weight excluding hydrogens is 217 g/mol. The van der Waals surface area contributed by atoms with E-state index in [1.807, 2.05) is 0 Å². The van der Waals surface area contributed by atoms with Crippen molar-refractivity contribution in [2.75, 3.05) is 0 Å². The van der Waals surface area contributed by atoms with E-state index in [0.29, 0.717) is 0 Å². The highest BCUT2D eigenvalue weighted by molar-refractivity contribution is 5.76. The van der Waals surface area contributed by atoms with Crippen LogP contribution in [0.15, 0.2) is 18.2 Å². The van der Waals surface area contributed by atoms with Crippen LogP contribution in [-0.4, -0.2) is 15.8 Å². The monoisotopic (exact) mass is 227 g/mol. The number of aliphatic hydroxyl groups is 1. The molecule has 0 aliphatic rings. The van der Waals surface area contributed by atoms with Crippen LogP contribution in [0.1, 0.15) is 25.0 Å². The molecule has 1 N–H and O–H groups in total. The van der Waals surface area contributed by atoms with Crippen LogP contribution in [0.5, 0.6) is 0 Å². The maximum atomic E-state index is 12.8. The van der Waals surface area contributed by atoms with Crippen LogP contribution >= 0.6 is 0 Å². The minimum Gasteiger partial charge on any atom is -0.388 e. The first kappa shape index (κ1) is 12.3. The standard InChI is InChI=1S/C10H10FNO4/c1-6(13)4-10(14)8-3-2-7(11)5-9(8)12(15)16/h2-3,5,10,14H,4H2,1H3. The van der Waals surface area contributed by atoms with E-state index in [1.165, 1.54) is 6.92 Å². The van der Waals surface area contributed by atoms with Crippen LogP contribution in [0.4, 0.5) is 10.1 Å². The molecule has 1 aromatic rings. The molecule has 0 bridgehead atoms. The lowest BCUT2D eigenvalue weighted by Crippen LogP contribution is -2.06. The predicted molar refractivity (Wildman–Crippen MR) is 53.3 cm³/mol. The van der Waals surface area contributed by atoms with Crippen LogP contribution in [0.2, 0.25) is 0 Å². The van der Waals surface area contributed by atoms with E-state index in [4.69, 9.17) is 0 Å². The molecule has 0 fully saturated rings. The highest BCUT2D eigenvalue weighted by Gasteiger charge is 2.22. The van der Waals surface area contributed by atoms with Crippen molar-refractivity contribution in [2.24, 2.45) is 0 Å². The molecule has 86 valence electrons. The molecule has 0 spiro atoms. The maximum absolute atomic E-state index is 12.8. The molecule has 5 nitrogen and oxygen atoms in total. The van der Waals surface area contributed by atoms with Crippen molar-refractivity contribution in [2.45, 2.75) is 19.4 Å². The topological polar surface area (TPSA) is 80.4 Å². The van der Waals surface area contributed by atoms with Gasteiger partial charge in [-0.3, -0.25) is 14.9 Å². The van der Waals surface area contributed by atoms with E-state index in [-0.39, 0.29) is 17.8 Å². The number of ketones is 1. The quantitative estimate of drug-likeness (QED) is 0.627. The Morgan fingerprint density at radius 1 is 1.62 bits per heavy atom. The zero-order valence-electron chi connectivity index (χ0n) is 8.51. The summed E-state index contributed by atoms with van der Waals surface area (Å²) < 4.78 is 12.8. The fourth-order valence-electron chi connectivity index (χ4n) is 1.34. The summed E-state index contributed by atoms with van der Waals surface area (Å²) in [5.74, 6) is -1.06. The Bertz CT molecular complexity index is 433. The molecule has 0 saturated heterocycles. The van der Waals surface area contributed by atoms with Gasteiger partial charge < -0.3 is 5.11 Å². The number of Topliss-reactive ketones (excluding diaryl/α,β-unsaturated/α-hetero) is 1. The van der Waals surface area contributed by atoms with E-state index in [1.54, 1.807) is 0 Å². The third-order valence-electron chi connectivity index (χ3n) is 2.03. The summed E-state index contributed by atoms with van der Waals surface area (Å²) in [6, 6.07) is 2.84. The first-order valence-corrected chi connectivity index (χ1v) is 4.53. The van der Waals surface area contributed by atoms with Gasteiger partial charge in [0.25, 0.3) is 5.69 Å². The number of benzene rings is 1. The van der Waals surface area contributed by atoms with Gasteiger partial charge in [0.15, 0.2) is 0 Å². The van der Waals surface area contributed by atoms with E-state index in [2.05, 4.69) is 0 Å². The van der Waals surface area contributed by atoms with E-state index in [0.717, 1.165) is 18.2 Å². The number of halogens is 1. The summed E-state index contributed by atoms with van der Waals surface area (Å²) in [5, 5.41) is 20.2. The molecule has 1 aromatic carbocycles. The normalized spacial score (nSPS) is 12.2. The van der Waals surface area contributed by atoms with Gasteiger partial charge >= 0.3 is 0 Å². The number of hydrogen-bond donors (Lipinski definition) is 1. The van der Waals surface area contributed by atoms with Crippen molar-refractivity contribution < 1.29 is 19.2 Å². The molecule has 0 radical (unpaired) electrons. The minimum atomic E-state index is -1.28. The fraction of sp³-hybridized carbons (Fsp3) is 0.300. The molecule has 1 unspecified atom stereocenters. The Morgan fingerprint density at radius 2 is 2.25 bits per heavy atom. The third kappa shape index (κ3) is 2.83. The van der Waals surface area contributed by atoms with Crippen molar-refractivity contribution in [1.29, 1.82) is 0 Å². The molecule has 0 aromatic heterocycles. The molecule has 0 amide bonds. The lowest BCUT2D eigenvalue weighted by molar-refractivity contribution is -0.386. The minimum absolute atomic E-state index is 0.0541. The molecule has 16 heavy (non-hydrogen) atoms. The Morgan fingerprint density at radius 3 is 2.75 bits per heavy atom. The molecule has 1 rings (SSSR count). The van der Waals surface area contributed by atoms with Crippen LogP contribution in [0.25, 0.3) is 0 Å². The van der Waals surface area contributed by atoms with Gasteiger partial charge in [-0.1, -0.05) is 0 Å². The van der Waals surface area contributed by atoms with E-state index < -0.39 is 22.5 Å². The van der Waals surface area contributed by atoms with Crippen molar-refractivity contribution in [3.63, 3.8) is 0 Å². The van der Waals surface area contributed by atoms with Crippen LogP contribution < -0.4 is 0 Å². The maximum Gasteiger partial charge on any atom is 0.278 e. The lowest BCUT2D eigenvalue weighted by atomic mass is 10.0. The Kier molecular flexibility index (Phi) is 3.68. The zero-order valence-corrected chi connectivity index (χ0v) is 8.51. The molecule has 1 atom stereocenters. The number of nitro benzene ring substituents is 1. The summed E-state index contributed by atoms with van der Waals surface area (Å²) in [7, 11) is 0. The van der Waals surface area contributed by atoms with Crippen LogP contribution in [0.3, 0.4) is 0 Å². The second kappa shape index (κ2) is 4.80. The first-order chi connectivity index (χ1) is 7.41. The van der Waals surface area contributed by atoms with E-state index in [9.17, 15) is 24.4 Å². The van der Waals surface area contributed by atoms with Crippen LogP contribution in [0, 0.1) is 15.9 Å². The number of carbonyl (C=O) groups is 1. The number of nitro groups is 1. The van der Waals surface area contributed by atoms with Crippen molar-refractivity contribution in [1.82, 2.24) is 0 Å². The van der Waals surface area contributed by atoms with Crippen molar-refractivity contribution >= 4 is 11.5 Å². The SMILES string of the molecule is CC(=O)CC(O)c1ccc(F)cc1[N+](=O)[O-]. The second-order valence-electron chi connectivity index (χ2n) is 3.38. The summed E-state index contributed by atoms with van der Waals surface area (Å²) in [6.45, 7) is 1.26. The Hall–Kier alpha value is -1.82. The number of rotatable bonds is 4. The third-order valence-corrected chi connectivity index (χ3v) is 2.03. The summed E-state index contributed by atoms with van der Waals surface area (Å²) >= 11 is 0. The van der Waals surface area contributed by atoms with Gasteiger partial charge in [-0.2, -0.15) is 0 Å². The Labute approximate surface area is 90.7 Å². The highest BCUT2D eigenvalue weighted by atomic mass is 19.1. The number of nitrogens with zero attached hydrogens (tertiary/aromatic N) is 1. The van der Waals surface area contributed by atoms with Gasteiger partial charge in [0.1, 0.15) is 11.6 Å². The molecular formula is C10H10FNO4. The summed E-state index contributed by atoms with van der Waals surface area (Å²) in [4.78, 5) is 20.6. The smallest absolute Gasteiger partial charge is 0.278 e. The number of aliphatic hydroxyl groups excluding tert-OH is 1. The highest BCUT2D eigenvalue weighted by Crippen LogP contribution is 2.27. The number of hydrogen-bond acceptors (Lipinski definition) is 4. The summed E-state index contributed by atoms with van der Waals surface area (Å²) in [6.07, 6.45) is -1.51. The van der Waals surface area contributed by atoms with Gasteiger partial charge in [-0.15, -0.1) is 0 Å². The van der Waals surface area contributed by atoms with E-state index >= 15 is 0 Å². The second-order valence-corrected chi connectivity index (χ2v) is 3.38. The molecule has 6 heteroatoms. The molecule has 0 saturated carbocycles. The lowest BCUT2D eigenvalue weighted by Gasteiger charge is -2.09. The van der Waals surface area contributed by atoms with Gasteiger partial charge in [-0.25, -0.2) is 4.39 Å². The first-order valence-electron chi connectivity index (χ1n) is 4.53. The predicted octanol–water partition coefficient (Wildman–Crippen LogP) is 1.75. The van der Waals surface area contributed by atoms with Gasteiger partial charge in [0, 0.05) is 6.42 Å². The zero-order chi connectivity index (χ0) is 12.3. The van der Waals surface area contributed by atoms with Crippen molar-refractivity contribution in [3.05, 3.63) is 39.7 Å². The summed E-state index contributed by atoms with van der Waals surface area (Å²) in [5.41, 5.74) is -0.574. The van der Waals surface area contributed by atoms with Gasteiger partial charge in [-0.05, 0) is 19.1 Å². The average Bonchev–Trinajstić information content (AvgIpc) is 2.16. The fourth-order valence-corrected chi connectivity index (χ4v) is 1.34. The van der Waals surface area contributed by atoms with Gasteiger partial charge in [0.2, 0.25) is 0 Å². The molecule has 0 aliphatic carbocycles.